The van der Waals surface area contributed by atoms with Gasteiger partial charge in [-0.3, -0.25) is 9.69 Å². The van der Waals surface area contributed by atoms with E-state index in [0.29, 0.717) is 13.1 Å². The van der Waals surface area contributed by atoms with Crippen LogP contribution >= 0.6 is 0 Å². The van der Waals surface area contributed by atoms with Crippen LogP contribution < -0.4 is 9.47 Å². The predicted molar refractivity (Wildman–Crippen MR) is 98.4 cm³/mol. The molecule has 140 valence electrons. The number of rotatable bonds is 6. The molecule has 6 nitrogen and oxygen atoms in total. The van der Waals surface area contributed by atoms with E-state index in [9.17, 15) is 4.79 Å². The van der Waals surface area contributed by atoms with Crippen molar-refractivity contribution in [1.82, 2.24) is 9.80 Å². The van der Waals surface area contributed by atoms with Crippen molar-refractivity contribution in [3.8, 4) is 11.5 Å². The van der Waals surface area contributed by atoms with Crippen molar-refractivity contribution >= 4 is 5.91 Å². The summed E-state index contributed by atoms with van der Waals surface area (Å²) in [7, 11) is 5.10. The van der Waals surface area contributed by atoms with E-state index < -0.39 is 0 Å². The Morgan fingerprint density at radius 3 is 2.50 bits per heavy atom. The van der Waals surface area contributed by atoms with Gasteiger partial charge in [0.1, 0.15) is 11.5 Å². The summed E-state index contributed by atoms with van der Waals surface area (Å²) < 4.78 is 16.3. The molecule has 1 aliphatic heterocycles. The van der Waals surface area contributed by atoms with Crippen LogP contribution in [-0.4, -0.2) is 50.1 Å². The van der Waals surface area contributed by atoms with Crippen LogP contribution in [0.3, 0.4) is 0 Å². The number of ether oxygens (including phenoxy) is 2. The highest BCUT2D eigenvalue weighted by molar-refractivity contribution is 5.78. The van der Waals surface area contributed by atoms with Crippen molar-refractivity contribution in [3.63, 3.8) is 0 Å². The Balaban J connectivity index is 1.62. The van der Waals surface area contributed by atoms with Gasteiger partial charge in [0.05, 0.1) is 27.3 Å². The molecule has 0 atom stereocenters. The highest BCUT2D eigenvalue weighted by Crippen LogP contribution is 2.33. The van der Waals surface area contributed by atoms with Gasteiger partial charge in [-0.1, -0.05) is 0 Å². The summed E-state index contributed by atoms with van der Waals surface area (Å²) >= 11 is 0. The summed E-state index contributed by atoms with van der Waals surface area (Å²) in [6.45, 7) is 4.36. The van der Waals surface area contributed by atoms with Gasteiger partial charge in [0.15, 0.2) is 11.5 Å². The molecule has 1 aromatic carbocycles. The van der Waals surface area contributed by atoms with Crippen LogP contribution in [0.15, 0.2) is 28.7 Å². The molecule has 0 aliphatic carbocycles. The fourth-order valence-electron chi connectivity index (χ4n) is 3.28. The first-order valence-corrected chi connectivity index (χ1v) is 8.75. The molecule has 0 fully saturated rings. The Bertz CT molecular complexity index is 784. The smallest absolute Gasteiger partial charge is 0.236 e. The van der Waals surface area contributed by atoms with Gasteiger partial charge in [0.25, 0.3) is 0 Å². The Morgan fingerprint density at radius 1 is 1.19 bits per heavy atom. The molecule has 6 heteroatoms. The average molecular weight is 358 g/mol. The number of amides is 1. The normalized spacial score (nSPS) is 14.0. The molecule has 2 heterocycles. The molecule has 0 N–H and O–H groups in total. The number of furan rings is 1. The maximum absolute atomic E-state index is 12.6. The highest BCUT2D eigenvalue weighted by atomic mass is 16.5. The Kier molecular flexibility index (Phi) is 5.52. The number of aryl methyl sites for hydroxylation is 1. The van der Waals surface area contributed by atoms with Crippen molar-refractivity contribution in [2.24, 2.45) is 0 Å². The van der Waals surface area contributed by atoms with Crippen LogP contribution in [0, 0.1) is 6.92 Å². The second-order valence-electron chi connectivity index (χ2n) is 6.70. The third-order valence-electron chi connectivity index (χ3n) is 4.77. The van der Waals surface area contributed by atoms with Crippen LogP contribution in [-0.2, 0) is 24.3 Å². The van der Waals surface area contributed by atoms with E-state index in [1.54, 1.807) is 19.1 Å². The van der Waals surface area contributed by atoms with E-state index in [1.807, 2.05) is 38.2 Å². The van der Waals surface area contributed by atoms with Crippen LogP contribution in [0.2, 0.25) is 0 Å². The van der Waals surface area contributed by atoms with E-state index in [-0.39, 0.29) is 5.91 Å². The number of methoxy groups -OCH3 is 2. The van der Waals surface area contributed by atoms with Crippen molar-refractivity contribution < 1.29 is 18.7 Å². The lowest BCUT2D eigenvalue weighted by molar-refractivity contribution is -0.132. The highest BCUT2D eigenvalue weighted by Gasteiger charge is 2.22. The molecule has 2 aromatic rings. The third-order valence-corrected chi connectivity index (χ3v) is 4.77. The van der Waals surface area contributed by atoms with E-state index in [2.05, 4.69) is 4.90 Å². The summed E-state index contributed by atoms with van der Waals surface area (Å²) in [4.78, 5) is 16.4. The number of benzene rings is 1. The summed E-state index contributed by atoms with van der Waals surface area (Å²) in [6.07, 6.45) is 0.893. The molecule has 3 rings (SSSR count). The molecular formula is C20H26N2O4. The Labute approximate surface area is 154 Å². The van der Waals surface area contributed by atoms with Crippen LogP contribution in [0.5, 0.6) is 11.5 Å². The number of likely N-dealkylation sites (N-methyl/N-ethyl adjacent to an activating group) is 1. The first-order valence-electron chi connectivity index (χ1n) is 8.75. The zero-order chi connectivity index (χ0) is 18.7. The molecule has 1 aromatic heterocycles. The third kappa shape index (κ3) is 4.02. The molecule has 1 aliphatic rings. The number of carbonyl (C=O) groups excluding carboxylic acids is 1. The van der Waals surface area contributed by atoms with Gasteiger partial charge in [0, 0.05) is 20.1 Å². The number of fused-ring (bicyclic) bond motifs is 1. The van der Waals surface area contributed by atoms with Crippen LogP contribution in [0.4, 0.5) is 0 Å². The van der Waals surface area contributed by atoms with Gasteiger partial charge in [-0.05, 0) is 48.7 Å². The number of nitrogens with zero attached hydrogens (tertiary/aromatic N) is 2. The van der Waals surface area contributed by atoms with Crippen molar-refractivity contribution in [3.05, 3.63) is 46.9 Å². The average Bonchev–Trinajstić information content (AvgIpc) is 3.05. The van der Waals surface area contributed by atoms with E-state index in [0.717, 1.165) is 42.5 Å². The predicted octanol–water partition coefficient (Wildman–Crippen LogP) is 2.62. The second-order valence-corrected chi connectivity index (χ2v) is 6.70. The molecule has 0 radical (unpaired) electrons. The molecule has 0 bridgehead atoms. The molecule has 0 saturated heterocycles. The number of hydrogen-bond acceptors (Lipinski definition) is 5. The minimum absolute atomic E-state index is 0.0861. The van der Waals surface area contributed by atoms with E-state index in [1.165, 1.54) is 11.1 Å². The van der Waals surface area contributed by atoms with Gasteiger partial charge in [-0.25, -0.2) is 0 Å². The van der Waals surface area contributed by atoms with Crippen molar-refractivity contribution in [2.45, 2.75) is 26.4 Å². The van der Waals surface area contributed by atoms with Crippen molar-refractivity contribution in [1.29, 1.82) is 0 Å². The van der Waals surface area contributed by atoms with Gasteiger partial charge >= 0.3 is 0 Å². The molecule has 26 heavy (non-hydrogen) atoms. The fraction of sp³-hybridized carbons (Fsp3) is 0.450. The second kappa shape index (κ2) is 7.83. The van der Waals surface area contributed by atoms with Crippen LogP contribution in [0.25, 0.3) is 0 Å². The molecule has 1 amide bonds. The largest absolute Gasteiger partial charge is 0.493 e. The number of hydrogen-bond donors (Lipinski definition) is 0. The number of carbonyl (C=O) groups is 1. The van der Waals surface area contributed by atoms with Gasteiger partial charge < -0.3 is 18.8 Å². The molecule has 0 unspecified atom stereocenters. The lowest BCUT2D eigenvalue weighted by atomic mass is 9.99. The van der Waals surface area contributed by atoms with E-state index >= 15 is 0 Å². The fourth-order valence-corrected chi connectivity index (χ4v) is 3.28. The molecular weight excluding hydrogens is 332 g/mol. The topological polar surface area (TPSA) is 55.2 Å². The first kappa shape index (κ1) is 18.3. The Morgan fingerprint density at radius 2 is 1.88 bits per heavy atom. The standard InChI is InChI=1S/C20H26N2O4/c1-14-5-6-17(26-14)12-21(2)20(23)13-22-8-7-15-9-18(24-3)19(25-4)10-16(15)11-22/h5-6,9-10H,7-8,11-13H2,1-4H3. The summed E-state index contributed by atoms with van der Waals surface area (Å²) in [5, 5.41) is 0. The van der Waals surface area contributed by atoms with Crippen molar-refractivity contribution in [2.75, 3.05) is 34.4 Å². The van der Waals surface area contributed by atoms with Crippen LogP contribution in [0.1, 0.15) is 22.6 Å². The zero-order valence-electron chi connectivity index (χ0n) is 15.9. The lowest BCUT2D eigenvalue weighted by Gasteiger charge is -2.30. The quantitative estimate of drug-likeness (QED) is 0.795. The minimum atomic E-state index is 0.0861. The summed E-state index contributed by atoms with van der Waals surface area (Å²) in [6, 6.07) is 7.88. The maximum atomic E-state index is 12.6. The SMILES string of the molecule is COc1cc2c(cc1OC)CN(CC(=O)N(C)Cc1ccc(C)o1)CC2. The summed E-state index contributed by atoms with van der Waals surface area (Å²) in [5.41, 5.74) is 2.44. The monoisotopic (exact) mass is 358 g/mol. The van der Waals surface area contributed by atoms with Gasteiger partial charge in [0.2, 0.25) is 5.91 Å². The summed E-state index contributed by atoms with van der Waals surface area (Å²) in [5.74, 6) is 3.23. The lowest BCUT2D eigenvalue weighted by Crippen LogP contribution is -2.40. The Hall–Kier alpha value is -2.47. The van der Waals surface area contributed by atoms with Gasteiger partial charge in [-0.15, -0.1) is 0 Å². The van der Waals surface area contributed by atoms with E-state index in [4.69, 9.17) is 13.9 Å². The first-order chi connectivity index (χ1) is 12.5. The molecule has 0 saturated carbocycles. The zero-order valence-corrected chi connectivity index (χ0v) is 15.9. The van der Waals surface area contributed by atoms with Gasteiger partial charge in [-0.2, -0.15) is 0 Å². The molecule has 0 spiro atoms. The maximum Gasteiger partial charge on any atom is 0.236 e. The minimum Gasteiger partial charge on any atom is -0.493 e.